The Balaban J connectivity index is 2.41. The van der Waals surface area contributed by atoms with Crippen LogP contribution in [0.15, 0.2) is 6.33 Å². The Morgan fingerprint density at radius 2 is 2.64 bits per heavy atom. The first kappa shape index (κ1) is 8.42. The third-order valence-electron chi connectivity index (χ3n) is 1.40. The summed E-state index contributed by atoms with van der Waals surface area (Å²) in [6.45, 7) is 2.14. The summed E-state index contributed by atoms with van der Waals surface area (Å²) in [6.07, 6.45) is 2.38. The molecule has 1 aromatic heterocycles. The highest BCUT2D eigenvalue weighted by Gasteiger charge is 2.04. The van der Waals surface area contributed by atoms with Crippen LogP contribution in [0.25, 0.3) is 0 Å². The topological polar surface area (TPSA) is 58.0 Å². The zero-order valence-corrected chi connectivity index (χ0v) is 7.14. The Morgan fingerprint density at radius 1 is 1.82 bits per heavy atom. The molecule has 1 aromatic rings. The fourth-order valence-corrected chi connectivity index (χ4v) is 1.20. The molecule has 0 amide bonds. The minimum Gasteiger partial charge on any atom is -0.394 e. The molecule has 0 aliphatic heterocycles. The van der Waals surface area contributed by atoms with Gasteiger partial charge in [0.15, 0.2) is 0 Å². The standard InChI is InChI=1S/C6H11N3OS/c1-2-5(3-10)9-6-7-4-8-11-6/h4-5,10H,2-3H2,1H3,(H,7,8,9). The number of anilines is 1. The van der Waals surface area contributed by atoms with E-state index in [0.29, 0.717) is 0 Å². The van der Waals surface area contributed by atoms with Gasteiger partial charge in [-0.25, -0.2) is 4.98 Å². The molecule has 1 rings (SSSR count). The molecule has 0 radical (unpaired) electrons. The Hall–Kier alpha value is -0.680. The molecule has 1 atom stereocenters. The summed E-state index contributed by atoms with van der Waals surface area (Å²) in [6, 6.07) is 0.1000. The normalized spacial score (nSPS) is 12.9. The van der Waals surface area contributed by atoms with E-state index in [9.17, 15) is 0 Å². The predicted octanol–water partition coefficient (Wildman–Crippen LogP) is 0.721. The Morgan fingerprint density at radius 3 is 3.09 bits per heavy atom. The Kier molecular flexibility index (Phi) is 3.25. The van der Waals surface area contributed by atoms with Crippen LogP contribution in [0.4, 0.5) is 5.13 Å². The minimum absolute atomic E-state index is 0.1000. The van der Waals surface area contributed by atoms with Crippen molar-refractivity contribution in [2.75, 3.05) is 11.9 Å². The molecule has 0 spiro atoms. The molecule has 0 aliphatic rings. The van der Waals surface area contributed by atoms with E-state index >= 15 is 0 Å². The number of nitrogens with one attached hydrogen (secondary N) is 1. The van der Waals surface area contributed by atoms with Crippen molar-refractivity contribution in [3.63, 3.8) is 0 Å². The molecule has 0 fully saturated rings. The third kappa shape index (κ3) is 2.44. The largest absolute Gasteiger partial charge is 0.394 e. The van der Waals surface area contributed by atoms with Gasteiger partial charge in [-0.3, -0.25) is 0 Å². The first-order valence-corrected chi connectivity index (χ1v) is 4.28. The number of hydrogen-bond donors (Lipinski definition) is 2. The highest BCUT2D eigenvalue weighted by molar-refractivity contribution is 7.09. The molecule has 0 saturated carbocycles. The van der Waals surface area contributed by atoms with Crippen LogP contribution in [0, 0.1) is 0 Å². The van der Waals surface area contributed by atoms with Gasteiger partial charge in [-0.15, -0.1) is 0 Å². The van der Waals surface area contributed by atoms with Gasteiger partial charge in [-0.1, -0.05) is 6.92 Å². The van der Waals surface area contributed by atoms with Gasteiger partial charge in [0.05, 0.1) is 12.6 Å². The van der Waals surface area contributed by atoms with E-state index in [2.05, 4.69) is 14.7 Å². The first-order chi connectivity index (χ1) is 5.36. The number of aromatic nitrogens is 2. The van der Waals surface area contributed by atoms with Crippen molar-refractivity contribution in [2.45, 2.75) is 19.4 Å². The van der Waals surface area contributed by atoms with Crippen LogP contribution in [0.1, 0.15) is 13.3 Å². The van der Waals surface area contributed by atoms with E-state index in [0.717, 1.165) is 11.6 Å². The van der Waals surface area contributed by atoms with Gasteiger partial charge < -0.3 is 10.4 Å². The summed E-state index contributed by atoms with van der Waals surface area (Å²) >= 11 is 1.30. The molecule has 0 aliphatic carbocycles. The van der Waals surface area contributed by atoms with Gasteiger partial charge in [0.25, 0.3) is 0 Å². The van der Waals surface area contributed by atoms with Crippen molar-refractivity contribution in [3.8, 4) is 0 Å². The van der Waals surface area contributed by atoms with Crippen LogP contribution in [-0.4, -0.2) is 27.1 Å². The summed E-state index contributed by atoms with van der Waals surface area (Å²) in [5.74, 6) is 0. The average molecular weight is 173 g/mol. The summed E-state index contributed by atoms with van der Waals surface area (Å²) in [4.78, 5) is 3.94. The van der Waals surface area contributed by atoms with E-state index in [1.807, 2.05) is 6.92 Å². The maximum absolute atomic E-state index is 8.82. The molecule has 11 heavy (non-hydrogen) atoms. The lowest BCUT2D eigenvalue weighted by Crippen LogP contribution is -2.22. The number of rotatable bonds is 4. The van der Waals surface area contributed by atoms with E-state index in [-0.39, 0.29) is 12.6 Å². The van der Waals surface area contributed by atoms with Gasteiger partial charge in [-0.05, 0) is 6.42 Å². The monoisotopic (exact) mass is 173 g/mol. The van der Waals surface area contributed by atoms with Crippen molar-refractivity contribution in [1.29, 1.82) is 0 Å². The maximum atomic E-state index is 8.82. The van der Waals surface area contributed by atoms with Gasteiger partial charge in [0.1, 0.15) is 6.33 Å². The molecule has 0 bridgehead atoms. The van der Waals surface area contributed by atoms with Crippen LogP contribution in [0.3, 0.4) is 0 Å². The van der Waals surface area contributed by atoms with Crippen LogP contribution >= 0.6 is 11.5 Å². The zero-order valence-electron chi connectivity index (χ0n) is 6.32. The quantitative estimate of drug-likeness (QED) is 0.704. The smallest absolute Gasteiger partial charge is 0.202 e. The van der Waals surface area contributed by atoms with Crippen molar-refractivity contribution in [1.82, 2.24) is 9.36 Å². The molecular formula is C6H11N3OS. The fourth-order valence-electron chi connectivity index (χ4n) is 0.688. The molecular weight excluding hydrogens is 162 g/mol. The molecule has 1 heterocycles. The molecule has 4 nitrogen and oxygen atoms in total. The summed E-state index contributed by atoms with van der Waals surface area (Å²) in [5, 5.41) is 12.6. The summed E-state index contributed by atoms with van der Waals surface area (Å²) in [7, 11) is 0. The highest BCUT2D eigenvalue weighted by atomic mass is 32.1. The van der Waals surface area contributed by atoms with E-state index in [4.69, 9.17) is 5.11 Å². The lowest BCUT2D eigenvalue weighted by Gasteiger charge is -2.11. The number of nitrogens with zero attached hydrogens (tertiary/aromatic N) is 2. The Bertz CT molecular complexity index is 186. The number of aliphatic hydroxyl groups excluding tert-OH is 1. The highest BCUT2D eigenvalue weighted by Crippen LogP contribution is 2.09. The van der Waals surface area contributed by atoms with Crippen molar-refractivity contribution >= 4 is 16.7 Å². The predicted molar refractivity (Wildman–Crippen MR) is 44.7 cm³/mol. The lowest BCUT2D eigenvalue weighted by molar-refractivity contribution is 0.272. The molecule has 2 N–H and O–H groups in total. The molecule has 5 heteroatoms. The van der Waals surface area contributed by atoms with Crippen molar-refractivity contribution in [2.24, 2.45) is 0 Å². The minimum atomic E-state index is 0.1000. The third-order valence-corrected chi connectivity index (χ3v) is 2.00. The van der Waals surface area contributed by atoms with Gasteiger partial charge >= 0.3 is 0 Å². The number of hydrogen-bond acceptors (Lipinski definition) is 5. The zero-order chi connectivity index (χ0) is 8.10. The van der Waals surface area contributed by atoms with E-state index in [1.54, 1.807) is 0 Å². The summed E-state index contributed by atoms with van der Waals surface area (Å²) < 4.78 is 3.83. The lowest BCUT2D eigenvalue weighted by atomic mass is 10.2. The average Bonchev–Trinajstić information content (AvgIpc) is 2.52. The second-order valence-electron chi connectivity index (χ2n) is 2.18. The summed E-state index contributed by atoms with van der Waals surface area (Å²) in [5.41, 5.74) is 0. The van der Waals surface area contributed by atoms with Gasteiger partial charge in [0.2, 0.25) is 5.13 Å². The van der Waals surface area contributed by atoms with Crippen molar-refractivity contribution in [3.05, 3.63) is 6.33 Å². The first-order valence-electron chi connectivity index (χ1n) is 3.51. The van der Waals surface area contributed by atoms with Gasteiger partial charge in [0, 0.05) is 11.5 Å². The van der Waals surface area contributed by atoms with E-state index < -0.39 is 0 Å². The fraction of sp³-hybridized carbons (Fsp3) is 0.667. The van der Waals surface area contributed by atoms with Crippen LogP contribution in [0.2, 0.25) is 0 Å². The van der Waals surface area contributed by atoms with Crippen molar-refractivity contribution < 1.29 is 5.11 Å². The second-order valence-corrected chi connectivity index (χ2v) is 2.96. The van der Waals surface area contributed by atoms with Crippen LogP contribution in [-0.2, 0) is 0 Å². The maximum Gasteiger partial charge on any atom is 0.202 e. The molecule has 0 saturated heterocycles. The van der Waals surface area contributed by atoms with Crippen LogP contribution in [0.5, 0.6) is 0 Å². The molecule has 62 valence electrons. The molecule has 0 aromatic carbocycles. The SMILES string of the molecule is CCC(CO)Nc1ncns1. The molecule has 1 unspecified atom stereocenters. The van der Waals surface area contributed by atoms with Gasteiger partial charge in [-0.2, -0.15) is 4.37 Å². The number of aliphatic hydroxyl groups is 1. The van der Waals surface area contributed by atoms with E-state index in [1.165, 1.54) is 17.9 Å². The van der Waals surface area contributed by atoms with Crippen LogP contribution < -0.4 is 5.32 Å². The second kappa shape index (κ2) is 4.25. The Labute approximate surface area is 69.5 Å².